The Balaban J connectivity index is 1.02. The first kappa shape index (κ1) is 34.4. The number of allylic oxidation sites excluding steroid dienone is 2. The first-order valence-electron chi connectivity index (χ1n) is 21.7. The summed E-state index contributed by atoms with van der Waals surface area (Å²) >= 11 is 0. The predicted octanol–water partition coefficient (Wildman–Crippen LogP) is 14.2. The SMILES string of the molecule is C1=CC2c3ccccc3N3c4cc5c(cc4-n4c6ccccc6c6cccc(c64)C(=C1)C23)c1ccccc1n5-c1ccc(-c2cc(-c3ccccc3)nc(-c3ccccc3)n2)cc1. The predicted molar refractivity (Wildman–Crippen MR) is 259 cm³/mol. The first-order chi connectivity index (χ1) is 31.3. The summed E-state index contributed by atoms with van der Waals surface area (Å²) in [6.07, 6.45) is 7.05. The Labute approximate surface area is 363 Å². The number of nitrogens with zero attached hydrogens (tertiary/aromatic N) is 5. The van der Waals surface area contributed by atoms with Crippen molar-refractivity contribution in [3.63, 3.8) is 0 Å². The summed E-state index contributed by atoms with van der Waals surface area (Å²) in [6.45, 7) is 0. The fourth-order valence-electron chi connectivity index (χ4n) is 10.9. The van der Waals surface area contributed by atoms with Crippen molar-refractivity contribution in [3.05, 3.63) is 223 Å². The van der Waals surface area contributed by atoms with Crippen molar-refractivity contribution in [1.29, 1.82) is 0 Å². The largest absolute Gasteiger partial charge is 0.331 e. The van der Waals surface area contributed by atoms with Gasteiger partial charge in [0, 0.05) is 61.1 Å². The van der Waals surface area contributed by atoms with E-state index in [2.05, 4.69) is 202 Å². The molecule has 294 valence electrons. The van der Waals surface area contributed by atoms with Crippen molar-refractivity contribution in [2.75, 3.05) is 4.90 Å². The lowest BCUT2D eigenvalue weighted by atomic mass is 9.82. The fraction of sp³-hybridized carbons (Fsp3) is 0.0345. The molecule has 3 aliphatic rings. The molecule has 5 heteroatoms. The van der Waals surface area contributed by atoms with Crippen molar-refractivity contribution < 1.29 is 0 Å². The van der Waals surface area contributed by atoms with Crippen molar-refractivity contribution >= 4 is 60.6 Å². The fourth-order valence-corrected chi connectivity index (χ4v) is 10.9. The van der Waals surface area contributed by atoms with Crippen LogP contribution in [-0.4, -0.2) is 25.1 Å². The van der Waals surface area contributed by atoms with Gasteiger partial charge in [-0.25, -0.2) is 9.97 Å². The maximum absolute atomic E-state index is 5.14. The van der Waals surface area contributed by atoms with E-state index in [4.69, 9.17) is 9.97 Å². The molecule has 11 aromatic rings. The van der Waals surface area contributed by atoms with Gasteiger partial charge < -0.3 is 14.0 Å². The second-order valence-corrected chi connectivity index (χ2v) is 16.9. The van der Waals surface area contributed by atoms with Crippen LogP contribution in [0.15, 0.2) is 212 Å². The highest BCUT2D eigenvalue weighted by molar-refractivity contribution is 6.17. The van der Waals surface area contributed by atoms with E-state index in [0.717, 1.165) is 33.8 Å². The van der Waals surface area contributed by atoms with Crippen LogP contribution in [-0.2, 0) is 0 Å². The highest BCUT2D eigenvalue weighted by Gasteiger charge is 2.44. The molecule has 2 atom stereocenters. The molecule has 2 aliphatic heterocycles. The summed E-state index contributed by atoms with van der Waals surface area (Å²) in [4.78, 5) is 12.8. The quantitative estimate of drug-likeness (QED) is 0.178. The Morgan fingerprint density at radius 2 is 1.06 bits per heavy atom. The van der Waals surface area contributed by atoms with Gasteiger partial charge in [-0.1, -0.05) is 164 Å². The van der Waals surface area contributed by atoms with Crippen LogP contribution in [0.5, 0.6) is 0 Å². The van der Waals surface area contributed by atoms with Crippen molar-refractivity contribution in [3.8, 4) is 45.3 Å². The Kier molecular flexibility index (Phi) is 7.17. The Morgan fingerprint density at radius 3 is 1.84 bits per heavy atom. The molecule has 63 heavy (non-hydrogen) atoms. The molecule has 0 fully saturated rings. The Morgan fingerprint density at radius 1 is 0.429 bits per heavy atom. The van der Waals surface area contributed by atoms with Crippen LogP contribution < -0.4 is 4.90 Å². The third kappa shape index (κ3) is 4.93. The molecule has 0 amide bonds. The van der Waals surface area contributed by atoms with E-state index in [0.29, 0.717) is 5.82 Å². The van der Waals surface area contributed by atoms with Gasteiger partial charge in [0.05, 0.1) is 50.9 Å². The molecule has 0 radical (unpaired) electrons. The highest BCUT2D eigenvalue weighted by Crippen LogP contribution is 2.56. The van der Waals surface area contributed by atoms with Gasteiger partial charge in [0.15, 0.2) is 5.82 Å². The molecule has 3 aromatic heterocycles. The molecule has 0 N–H and O–H groups in total. The maximum atomic E-state index is 5.14. The van der Waals surface area contributed by atoms with Crippen molar-refractivity contribution in [2.45, 2.75) is 12.0 Å². The second-order valence-electron chi connectivity index (χ2n) is 16.9. The molecule has 5 nitrogen and oxygen atoms in total. The molecular weight excluding hydrogens is 767 g/mol. The summed E-state index contributed by atoms with van der Waals surface area (Å²) in [5.74, 6) is 0.934. The summed E-state index contributed by atoms with van der Waals surface area (Å²) in [5, 5.41) is 4.99. The first-order valence-corrected chi connectivity index (χ1v) is 21.7. The number of anilines is 2. The van der Waals surface area contributed by atoms with Gasteiger partial charge >= 0.3 is 0 Å². The van der Waals surface area contributed by atoms with E-state index in [1.165, 1.54) is 77.4 Å². The smallest absolute Gasteiger partial charge is 0.160 e. The molecule has 0 spiro atoms. The van der Waals surface area contributed by atoms with E-state index >= 15 is 0 Å². The average Bonchev–Trinajstić information content (AvgIpc) is 3.99. The van der Waals surface area contributed by atoms with Gasteiger partial charge in [-0.05, 0) is 59.7 Å². The van der Waals surface area contributed by atoms with E-state index in [-0.39, 0.29) is 12.0 Å². The minimum Gasteiger partial charge on any atom is -0.331 e. The standard InChI is InChI=1S/C58H37N5/c1-3-15-36(16-4-1)48-34-49(60-58(59-48)38-17-5-2-6-18-38)37-29-31-39(32-30-37)61-50-26-10-9-21-42(50)47-33-54-55(35-53(47)61)63-52-28-12-8-20-41(52)44-23-14-25-46(57(44)63)45-24-13-22-43-40-19-7-11-27-51(40)62(54)56(43)45/h1-35,44,57H. The Bertz CT molecular complexity index is 3680. The molecule has 5 heterocycles. The number of aromatic nitrogens is 4. The van der Waals surface area contributed by atoms with Crippen molar-refractivity contribution in [1.82, 2.24) is 19.1 Å². The van der Waals surface area contributed by atoms with Crippen LogP contribution in [0.2, 0.25) is 0 Å². The minimum atomic E-state index is 0.104. The number of rotatable bonds is 4. The van der Waals surface area contributed by atoms with Crippen LogP contribution in [0.25, 0.3) is 94.5 Å². The average molecular weight is 804 g/mol. The summed E-state index contributed by atoms with van der Waals surface area (Å²) in [5.41, 5.74) is 18.4. The molecule has 8 aromatic carbocycles. The van der Waals surface area contributed by atoms with Crippen LogP contribution in [0.3, 0.4) is 0 Å². The zero-order valence-corrected chi connectivity index (χ0v) is 34.1. The monoisotopic (exact) mass is 803 g/mol. The van der Waals surface area contributed by atoms with Crippen LogP contribution in [0.1, 0.15) is 17.0 Å². The van der Waals surface area contributed by atoms with Gasteiger partial charge in [-0.3, -0.25) is 0 Å². The minimum absolute atomic E-state index is 0.104. The molecular formula is C58H37N5. The number of hydrogen-bond donors (Lipinski definition) is 0. The molecule has 0 saturated heterocycles. The molecule has 0 bridgehead atoms. The molecule has 1 aliphatic carbocycles. The van der Waals surface area contributed by atoms with Crippen LogP contribution >= 0.6 is 0 Å². The number of hydrogen-bond acceptors (Lipinski definition) is 3. The van der Waals surface area contributed by atoms with Crippen LogP contribution in [0.4, 0.5) is 11.4 Å². The van der Waals surface area contributed by atoms with E-state index in [1.54, 1.807) is 0 Å². The van der Waals surface area contributed by atoms with Gasteiger partial charge in [0.1, 0.15) is 0 Å². The van der Waals surface area contributed by atoms with Crippen LogP contribution in [0, 0.1) is 0 Å². The topological polar surface area (TPSA) is 38.9 Å². The summed E-state index contributed by atoms with van der Waals surface area (Å²) < 4.78 is 5.00. The molecule has 14 rings (SSSR count). The lowest BCUT2D eigenvalue weighted by Crippen LogP contribution is -2.34. The van der Waals surface area contributed by atoms with Gasteiger partial charge in [0.2, 0.25) is 0 Å². The van der Waals surface area contributed by atoms with Gasteiger partial charge in [-0.15, -0.1) is 0 Å². The number of benzene rings is 8. The number of fused-ring (bicyclic) bond motifs is 13. The maximum Gasteiger partial charge on any atom is 0.160 e. The van der Waals surface area contributed by atoms with E-state index in [1.807, 2.05) is 24.3 Å². The zero-order chi connectivity index (χ0) is 41.2. The van der Waals surface area contributed by atoms with E-state index in [9.17, 15) is 0 Å². The number of para-hydroxylation sites is 4. The third-order valence-corrected chi connectivity index (χ3v) is 13.6. The zero-order valence-electron chi connectivity index (χ0n) is 34.1. The molecule has 0 saturated carbocycles. The summed E-state index contributed by atoms with van der Waals surface area (Å²) in [7, 11) is 0. The summed E-state index contributed by atoms with van der Waals surface area (Å²) in [6, 6.07) is 70.4. The van der Waals surface area contributed by atoms with Gasteiger partial charge in [-0.2, -0.15) is 0 Å². The highest BCUT2D eigenvalue weighted by atomic mass is 15.2. The second kappa shape index (κ2) is 13.1. The van der Waals surface area contributed by atoms with Crippen molar-refractivity contribution in [2.24, 2.45) is 0 Å². The van der Waals surface area contributed by atoms with E-state index < -0.39 is 0 Å². The Hall–Kier alpha value is -8.28. The lowest BCUT2D eigenvalue weighted by molar-refractivity contribution is 0.758. The third-order valence-electron chi connectivity index (χ3n) is 13.6. The van der Waals surface area contributed by atoms with Gasteiger partial charge in [0.25, 0.3) is 0 Å². The normalized spacial score (nSPS) is 15.9. The molecule has 2 unspecified atom stereocenters. The lowest BCUT2D eigenvalue weighted by Gasteiger charge is -2.37.